The van der Waals surface area contributed by atoms with E-state index in [-0.39, 0.29) is 31.4 Å². The first-order valence-electron chi connectivity index (χ1n) is 13.1. The van der Waals surface area contributed by atoms with Crippen molar-refractivity contribution in [1.29, 1.82) is 0 Å². The maximum Gasteiger partial charge on any atom is 0.259 e. The fraction of sp³-hybridized carbons (Fsp3) is 0.481. The number of aromatic hydroxyl groups is 1. The number of primary amides is 1. The number of aliphatic hydroxyl groups is 3. The molecule has 5 rings (SSSR count). The number of hydrogen-bond donors (Lipinski definition) is 7. The number of halogens is 2. The molecule has 2 amide bonds. The highest BCUT2D eigenvalue weighted by atomic mass is 19.1. The van der Waals surface area contributed by atoms with Crippen LogP contribution in [0.1, 0.15) is 28.8 Å². The molecule has 1 aromatic rings. The minimum Gasteiger partial charge on any atom is -0.510 e. The number of hydrogen-bond acceptors (Lipinski definition) is 11. The smallest absolute Gasteiger partial charge is 0.259 e. The zero-order valence-corrected chi connectivity index (χ0v) is 22.9. The summed E-state index contributed by atoms with van der Waals surface area (Å²) in [5.74, 6) is -10.8. The van der Waals surface area contributed by atoms with Gasteiger partial charge in [0.05, 0.1) is 17.3 Å². The van der Waals surface area contributed by atoms with Crippen LogP contribution in [0, 0.1) is 17.7 Å². The quantitative estimate of drug-likeness (QED) is 0.175. The molecule has 0 aromatic heterocycles. The zero-order valence-electron chi connectivity index (χ0n) is 22.9. The normalized spacial score (nSPS) is 33.0. The van der Waals surface area contributed by atoms with Crippen LogP contribution in [-0.4, -0.2) is 105 Å². The van der Waals surface area contributed by atoms with E-state index in [4.69, 9.17) is 11.5 Å². The lowest BCUT2D eigenvalue weighted by Crippen LogP contribution is -2.63. The number of anilines is 1. The molecule has 1 aromatic carbocycles. The SMILES string of the molecule is CN(C)[C@@H]1C(O)=C(C(N)=O)C(=O)[C@@]2(O)C(O)=C3C(=O)c4c(O)c(NC(=O)[C@]5(N)C[C@@H](F)CN5C)cc(F)c4C[C@H]3C[C@@H]12. The van der Waals surface area contributed by atoms with Gasteiger partial charge in [-0.05, 0) is 39.9 Å². The molecule has 9 N–H and O–H groups in total. The van der Waals surface area contributed by atoms with Crippen LogP contribution in [0.5, 0.6) is 5.75 Å². The third-order valence-electron chi connectivity index (χ3n) is 9.00. The molecular weight excluding hydrogens is 560 g/mol. The molecule has 1 aliphatic heterocycles. The van der Waals surface area contributed by atoms with Gasteiger partial charge in [0.25, 0.3) is 11.8 Å². The van der Waals surface area contributed by atoms with Gasteiger partial charge < -0.3 is 37.2 Å². The van der Waals surface area contributed by atoms with E-state index in [1.54, 1.807) is 0 Å². The van der Waals surface area contributed by atoms with Crippen molar-refractivity contribution in [2.45, 2.75) is 42.7 Å². The number of carbonyl (C=O) groups excluding carboxylic acids is 4. The number of likely N-dealkylation sites (N-methyl/N-ethyl adjacent to an activating group) is 2. The molecule has 4 aliphatic rings. The highest BCUT2D eigenvalue weighted by Crippen LogP contribution is 2.53. The van der Waals surface area contributed by atoms with E-state index in [9.17, 15) is 44.0 Å². The number of likely N-dealkylation sites (tertiary alicyclic amines) is 1. The number of nitrogens with two attached hydrogens (primary N) is 2. The van der Waals surface area contributed by atoms with Crippen molar-refractivity contribution < 1.29 is 48.4 Å². The van der Waals surface area contributed by atoms with Gasteiger partial charge in [-0.1, -0.05) is 0 Å². The van der Waals surface area contributed by atoms with E-state index < -0.39 is 104 Å². The fourth-order valence-corrected chi connectivity index (χ4v) is 6.88. The monoisotopic (exact) mass is 591 g/mol. The number of phenols is 1. The Hall–Kier alpha value is -3.92. The number of fused-ring (bicyclic) bond motifs is 3. The molecule has 3 aliphatic carbocycles. The van der Waals surface area contributed by atoms with Crippen LogP contribution in [0.4, 0.5) is 14.5 Å². The first-order chi connectivity index (χ1) is 19.5. The number of alkyl halides is 1. The van der Waals surface area contributed by atoms with Gasteiger partial charge >= 0.3 is 0 Å². The molecule has 13 nitrogen and oxygen atoms in total. The van der Waals surface area contributed by atoms with E-state index in [2.05, 4.69) is 5.32 Å². The number of ketones is 2. The number of carbonyl (C=O) groups is 4. The van der Waals surface area contributed by atoms with E-state index in [1.807, 2.05) is 0 Å². The zero-order chi connectivity index (χ0) is 31.2. The third kappa shape index (κ3) is 3.87. The summed E-state index contributed by atoms with van der Waals surface area (Å²) < 4.78 is 29.4. The maximum absolute atomic E-state index is 15.5. The van der Waals surface area contributed by atoms with Gasteiger partial charge in [-0.15, -0.1) is 0 Å². The molecule has 0 saturated carbocycles. The standard InChI is InChI=1S/C27H31F2N5O8/c1-33(2)18-12-5-9-4-11-13(29)6-14(32-25(41)26(31)7-10(28)8-34(26)3)19(35)16(11)20(36)15(9)22(38)27(12,42)23(39)17(21(18)37)24(30)40/h6,9-10,12,18,35,37-38,42H,4-5,7-8,31H2,1-3H3,(H2,30,40)(H,32,41)/t9-,10+,12-,18-,26-,27-/m0/s1. The predicted molar refractivity (Wildman–Crippen MR) is 141 cm³/mol. The predicted octanol–water partition coefficient (Wildman–Crippen LogP) is -0.473. The second-order valence-electron chi connectivity index (χ2n) is 11.6. The average Bonchev–Trinajstić information content (AvgIpc) is 3.15. The molecule has 0 unspecified atom stereocenters. The van der Waals surface area contributed by atoms with Gasteiger partial charge in [0, 0.05) is 36.1 Å². The largest absolute Gasteiger partial charge is 0.510 e. The molecule has 226 valence electrons. The highest BCUT2D eigenvalue weighted by molar-refractivity contribution is 6.25. The summed E-state index contributed by atoms with van der Waals surface area (Å²) >= 11 is 0. The Bertz CT molecular complexity index is 1530. The summed E-state index contributed by atoms with van der Waals surface area (Å²) in [6.45, 7) is -0.135. The van der Waals surface area contributed by atoms with Crippen LogP contribution in [0.15, 0.2) is 28.7 Å². The van der Waals surface area contributed by atoms with Crippen LogP contribution >= 0.6 is 0 Å². The van der Waals surface area contributed by atoms with Gasteiger partial charge in [0.1, 0.15) is 29.1 Å². The Kier molecular flexibility index (Phi) is 6.73. The molecule has 15 heteroatoms. The number of nitrogens with one attached hydrogen (secondary N) is 1. The van der Waals surface area contributed by atoms with E-state index >= 15 is 4.39 Å². The lowest BCUT2D eigenvalue weighted by atomic mass is 9.58. The second kappa shape index (κ2) is 9.55. The Morgan fingerprint density at radius 2 is 1.86 bits per heavy atom. The van der Waals surface area contributed by atoms with Crippen LogP contribution in [-0.2, 0) is 20.8 Å². The number of nitrogens with zero attached hydrogens (tertiary/aromatic N) is 2. The molecule has 42 heavy (non-hydrogen) atoms. The number of benzene rings is 1. The third-order valence-corrected chi connectivity index (χ3v) is 9.00. The average molecular weight is 592 g/mol. The second-order valence-corrected chi connectivity index (χ2v) is 11.6. The van der Waals surface area contributed by atoms with Crippen molar-refractivity contribution in [2.75, 3.05) is 33.0 Å². The molecule has 0 radical (unpaired) electrons. The van der Waals surface area contributed by atoms with E-state index in [0.29, 0.717) is 0 Å². The summed E-state index contributed by atoms with van der Waals surface area (Å²) in [7, 11) is 4.39. The number of amides is 2. The molecule has 1 saturated heterocycles. The Morgan fingerprint density at radius 3 is 2.40 bits per heavy atom. The Balaban J connectivity index is 1.61. The van der Waals surface area contributed by atoms with Gasteiger partial charge in [0.15, 0.2) is 22.8 Å². The van der Waals surface area contributed by atoms with E-state index in [0.717, 1.165) is 6.07 Å². The molecule has 6 atom stereocenters. The topological polar surface area (TPSA) is 220 Å². The van der Waals surface area contributed by atoms with Gasteiger partial charge in [0.2, 0.25) is 5.78 Å². The molecule has 0 spiro atoms. The molecule has 0 bridgehead atoms. The molecule has 1 fully saturated rings. The van der Waals surface area contributed by atoms with Crippen molar-refractivity contribution in [3.8, 4) is 5.75 Å². The number of Topliss-reactive ketones (excluding diaryl/α,β-unsaturated/α-hetero) is 2. The van der Waals surface area contributed by atoms with Gasteiger partial charge in [-0.25, -0.2) is 8.78 Å². The Morgan fingerprint density at radius 1 is 1.21 bits per heavy atom. The summed E-state index contributed by atoms with van der Waals surface area (Å²) in [6, 6.07) is -0.397. The van der Waals surface area contributed by atoms with Crippen LogP contribution in [0.2, 0.25) is 0 Å². The summed E-state index contributed by atoms with van der Waals surface area (Å²) in [5.41, 5.74) is 3.87. The lowest BCUT2D eigenvalue weighted by Gasteiger charge is -2.50. The number of aliphatic hydroxyl groups excluding tert-OH is 2. The first kappa shape index (κ1) is 29.6. The van der Waals surface area contributed by atoms with E-state index in [1.165, 1.54) is 30.9 Å². The number of rotatable bonds is 4. The van der Waals surface area contributed by atoms with Crippen molar-refractivity contribution in [1.82, 2.24) is 9.80 Å². The molecular formula is C27H31F2N5O8. The fourth-order valence-electron chi connectivity index (χ4n) is 6.88. The van der Waals surface area contributed by atoms with Crippen molar-refractivity contribution in [3.05, 3.63) is 45.7 Å². The van der Waals surface area contributed by atoms with Gasteiger partial charge in [-0.2, -0.15) is 0 Å². The van der Waals surface area contributed by atoms with Crippen molar-refractivity contribution in [2.24, 2.45) is 23.3 Å². The highest BCUT2D eigenvalue weighted by Gasteiger charge is 2.63. The maximum atomic E-state index is 15.5. The summed E-state index contributed by atoms with van der Waals surface area (Å²) in [6.07, 6.45) is -2.26. The minimum atomic E-state index is -2.85. The number of phenolic OH excluding ortho intramolecular Hbond substituents is 1. The summed E-state index contributed by atoms with van der Waals surface area (Å²) in [5, 5.41) is 47.0. The first-order valence-corrected chi connectivity index (χ1v) is 13.1. The van der Waals surface area contributed by atoms with Crippen LogP contribution < -0.4 is 16.8 Å². The van der Waals surface area contributed by atoms with Crippen LogP contribution in [0.25, 0.3) is 0 Å². The van der Waals surface area contributed by atoms with Crippen molar-refractivity contribution >= 4 is 29.1 Å². The van der Waals surface area contributed by atoms with Crippen molar-refractivity contribution in [3.63, 3.8) is 0 Å². The minimum absolute atomic E-state index is 0.135. The van der Waals surface area contributed by atoms with Crippen LogP contribution in [0.3, 0.4) is 0 Å². The molecule has 1 heterocycles. The number of allylic oxidation sites excluding steroid dienone is 1. The lowest BCUT2D eigenvalue weighted by molar-refractivity contribution is -0.148. The summed E-state index contributed by atoms with van der Waals surface area (Å²) in [4.78, 5) is 54.8. The Labute approximate surface area is 238 Å². The van der Waals surface area contributed by atoms with Gasteiger partial charge in [-0.3, -0.25) is 29.0 Å².